The summed E-state index contributed by atoms with van der Waals surface area (Å²) in [5, 5.41) is 11.8. The van der Waals surface area contributed by atoms with Crippen molar-refractivity contribution < 1.29 is 14.8 Å². The first-order valence-electron chi connectivity index (χ1n) is 12.2. The van der Waals surface area contributed by atoms with Crippen LogP contribution < -0.4 is 26.8 Å². The van der Waals surface area contributed by atoms with Crippen molar-refractivity contribution in [2.75, 3.05) is 37.0 Å². The lowest BCUT2D eigenvalue weighted by atomic mass is 10.1. The van der Waals surface area contributed by atoms with Crippen LogP contribution >= 0.6 is 0 Å². The first kappa shape index (κ1) is 22.8. The highest BCUT2D eigenvalue weighted by molar-refractivity contribution is 6.08. The largest absolute Gasteiger partial charge is 0.495 e. The molecule has 11 heteroatoms. The molecule has 0 bridgehead atoms. The minimum atomic E-state index is -0.303. The van der Waals surface area contributed by atoms with E-state index in [1.54, 1.807) is 25.3 Å². The molecular weight excluding hydrogens is 470 g/mol. The molecule has 8 N–H and O–H groups in total. The number of nitrogens with two attached hydrogens (primary N) is 3. The number of nitrogens with one attached hydrogen (secondary N) is 2. The number of piperidine rings is 1. The number of aromatic nitrogens is 5. The minimum Gasteiger partial charge on any atom is -0.495 e. The van der Waals surface area contributed by atoms with Crippen LogP contribution in [0.4, 0.5) is 17.2 Å². The maximum absolute atomic E-state index is 13.0. The number of quaternary nitrogens is 1. The van der Waals surface area contributed by atoms with E-state index in [-0.39, 0.29) is 11.9 Å². The van der Waals surface area contributed by atoms with Gasteiger partial charge in [0.1, 0.15) is 29.3 Å². The number of aromatic amines is 1. The van der Waals surface area contributed by atoms with Crippen molar-refractivity contribution in [1.29, 1.82) is 0 Å². The van der Waals surface area contributed by atoms with E-state index in [4.69, 9.17) is 21.3 Å². The molecule has 1 amide bonds. The van der Waals surface area contributed by atoms with Gasteiger partial charge in [-0.2, -0.15) is 5.10 Å². The summed E-state index contributed by atoms with van der Waals surface area (Å²) < 4.78 is 7.63. The number of fused-ring (bicyclic) bond motifs is 2. The molecule has 5 aromatic rings. The Morgan fingerprint density at radius 2 is 2.00 bits per heavy atom. The van der Waals surface area contributed by atoms with Crippen molar-refractivity contribution in [2.24, 2.45) is 0 Å². The van der Waals surface area contributed by atoms with Crippen LogP contribution in [0.3, 0.4) is 0 Å². The van der Waals surface area contributed by atoms with Crippen LogP contribution in [-0.2, 0) is 0 Å². The number of hydrogen-bond donors (Lipinski definition) is 5. The highest BCUT2D eigenvalue weighted by atomic mass is 16.5. The average Bonchev–Trinajstić information content (AvgIpc) is 3.54. The Labute approximate surface area is 212 Å². The standard InChI is InChI=1S/C26H27N9O2/c1-37-20-12-15(5-6-18(20)33-26(36)19-11-14-3-2-4-17(27)22(14)32-19)23-21-24(28)30-13-31-25(21)35(34-23)16-7-9-29-10-8-16/h2-6,11-13,16,29,32H,7-10,27H2,1H3,(H,33,36)(H2,28,30,31)/p+1. The molecule has 0 aliphatic carbocycles. The lowest BCUT2D eigenvalue weighted by Crippen LogP contribution is -2.86. The fourth-order valence-electron chi connectivity index (χ4n) is 5.04. The monoisotopic (exact) mass is 498 g/mol. The van der Waals surface area contributed by atoms with Crippen molar-refractivity contribution in [2.45, 2.75) is 18.9 Å². The van der Waals surface area contributed by atoms with Gasteiger partial charge in [-0.1, -0.05) is 18.2 Å². The van der Waals surface area contributed by atoms with Crippen LogP contribution in [0, 0.1) is 0 Å². The maximum Gasteiger partial charge on any atom is 0.272 e. The third kappa shape index (κ3) is 3.99. The number of carbonyl (C=O) groups excluding carboxylic acids is 1. The van der Waals surface area contributed by atoms with Gasteiger partial charge >= 0.3 is 0 Å². The number of benzene rings is 2. The summed E-state index contributed by atoms with van der Waals surface area (Å²) >= 11 is 0. The third-order valence-corrected chi connectivity index (χ3v) is 6.93. The van der Waals surface area contributed by atoms with Crippen molar-refractivity contribution in [3.05, 3.63) is 54.5 Å². The van der Waals surface area contributed by atoms with Gasteiger partial charge in [-0.05, 0) is 24.3 Å². The van der Waals surface area contributed by atoms with Gasteiger partial charge in [-0.3, -0.25) is 4.79 Å². The van der Waals surface area contributed by atoms with E-state index in [1.165, 1.54) is 6.33 Å². The lowest BCUT2D eigenvalue weighted by molar-refractivity contribution is -0.664. The van der Waals surface area contributed by atoms with E-state index >= 15 is 0 Å². The molecule has 1 aliphatic heterocycles. The van der Waals surface area contributed by atoms with E-state index in [0.29, 0.717) is 39.7 Å². The van der Waals surface area contributed by atoms with E-state index in [2.05, 4.69) is 25.6 Å². The highest BCUT2D eigenvalue weighted by Gasteiger charge is 2.25. The summed E-state index contributed by atoms with van der Waals surface area (Å²) in [5.74, 6) is 0.568. The van der Waals surface area contributed by atoms with Crippen molar-refractivity contribution in [1.82, 2.24) is 24.7 Å². The Balaban J connectivity index is 1.36. The number of anilines is 3. The number of para-hydroxylation sites is 1. The van der Waals surface area contributed by atoms with Crippen molar-refractivity contribution >= 4 is 45.0 Å². The second-order valence-corrected chi connectivity index (χ2v) is 9.21. The number of H-pyrrole nitrogens is 1. The quantitative estimate of drug-likeness (QED) is 0.232. The first-order chi connectivity index (χ1) is 18.0. The number of nitrogens with zero attached hydrogens (tertiary/aromatic N) is 4. The molecule has 1 fully saturated rings. The molecular formula is C26H28N9O2+. The summed E-state index contributed by atoms with van der Waals surface area (Å²) in [5.41, 5.74) is 16.8. The topological polar surface area (TPSA) is 166 Å². The normalized spacial score (nSPS) is 14.3. The minimum absolute atomic E-state index is 0.251. The van der Waals surface area contributed by atoms with Crippen molar-refractivity contribution in [3.8, 4) is 17.0 Å². The van der Waals surface area contributed by atoms with Crippen LogP contribution in [-0.4, -0.2) is 50.8 Å². The first-order valence-corrected chi connectivity index (χ1v) is 12.2. The molecule has 0 unspecified atom stereocenters. The third-order valence-electron chi connectivity index (χ3n) is 6.93. The van der Waals surface area contributed by atoms with Crippen LogP contribution in [0.5, 0.6) is 5.75 Å². The highest BCUT2D eigenvalue weighted by Crippen LogP contribution is 2.37. The van der Waals surface area contributed by atoms with E-state index < -0.39 is 0 Å². The second-order valence-electron chi connectivity index (χ2n) is 9.21. The van der Waals surface area contributed by atoms with E-state index in [0.717, 1.165) is 48.0 Å². The van der Waals surface area contributed by atoms with Gasteiger partial charge < -0.3 is 31.8 Å². The summed E-state index contributed by atoms with van der Waals surface area (Å²) in [7, 11) is 1.56. The summed E-state index contributed by atoms with van der Waals surface area (Å²) in [4.78, 5) is 24.9. The molecule has 37 heavy (non-hydrogen) atoms. The maximum atomic E-state index is 13.0. The molecule has 4 heterocycles. The van der Waals surface area contributed by atoms with Gasteiger partial charge in [0.25, 0.3) is 5.91 Å². The fourth-order valence-corrected chi connectivity index (χ4v) is 5.04. The van der Waals surface area contributed by atoms with Gasteiger partial charge in [0.2, 0.25) is 0 Å². The zero-order chi connectivity index (χ0) is 25.5. The molecule has 0 atom stereocenters. The Kier molecular flexibility index (Phi) is 5.61. The molecule has 2 aromatic carbocycles. The smallest absolute Gasteiger partial charge is 0.272 e. The van der Waals surface area contributed by atoms with Crippen LogP contribution in [0.2, 0.25) is 0 Å². The zero-order valence-corrected chi connectivity index (χ0v) is 20.4. The molecule has 1 saturated heterocycles. The fraction of sp³-hybridized carbons (Fsp3) is 0.231. The van der Waals surface area contributed by atoms with Gasteiger partial charge in [0.15, 0.2) is 5.65 Å². The summed E-state index contributed by atoms with van der Waals surface area (Å²) in [6, 6.07) is 13.1. The summed E-state index contributed by atoms with van der Waals surface area (Å²) in [6.07, 6.45) is 3.49. The predicted molar refractivity (Wildman–Crippen MR) is 142 cm³/mol. The SMILES string of the molecule is COc1cc(-c2nn(C3CC[NH2+]CC3)c3ncnc(N)c23)ccc1NC(=O)c1cc2cccc(N)c2[nH]1. The van der Waals surface area contributed by atoms with Crippen LogP contribution in [0.25, 0.3) is 33.2 Å². The average molecular weight is 499 g/mol. The van der Waals surface area contributed by atoms with Gasteiger partial charge in [-0.15, -0.1) is 0 Å². The number of nitrogen functional groups attached to an aromatic ring is 2. The Morgan fingerprint density at radius 3 is 2.78 bits per heavy atom. The van der Waals surface area contributed by atoms with Gasteiger partial charge in [0, 0.05) is 23.8 Å². The number of carbonyl (C=O) groups is 1. The lowest BCUT2D eigenvalue weighted by Gasteiger charge is -2.21. The number of ether oxygens (including phenoxy) is 1. The molecule has 6 rings (SSSR count). The van der Waals surface area contributed by atoms with E-state index in [9.17, 15) is 4.79 Å². The number of hydrogen-bond acceptors (Lipinski definition) is 7. The molecule has 0 radical (unpaired) electrons. The predicted octanol–water partition coefficient (Wildman–Crippen LogP) is 2.30. The number of methoxy groups -OCH3 is 1. The Morgan fingerprint density at radius 1 is 1.16 bits per heavy atom. The molecule has 0 spiro atoms. The Bertz CT molecular complexity index is 1630. The van der Waals surface area contributed by atoms with Gasteiger partial charge in [-0.25, -0.2) is 14.6 Å². The molecule has 11 nitrogen and oxygen atoms in total. The molecule has 188 valence electrons. The molecule has 0 saturated carbocycles. The van der Waals surface area contributed by atoms with Crippen LogP contribution in [0.1, 0.15) is 29.4 Å². The number of amides is 1. The number of rotatable bonds is 5. The summed E-state index contributed by atoms with van der Waals surface area (Å²) in [6.45, 7) is 2.10. The Hall–Kier alpha value is -4.64. The van der Waals surface area contributed by atoms with Gasteiger partial charge in [0.05, 0.1) is 48.5 Å². The zero-order valence-electron chi connectivity index (χ0n) is 20.4. The van der Waals surface area contributed by atoms with Crippen LogP contribution in [0.15, 0.2) is 48.8 Å². The molecule has 1 aliphatic rings. The van der Waals surface area contributed by atoms with Crippen molar-refractivity contribution in [3.63, 3.8) is 0 Å². The van der Waals surface area contributed by atoms with E-state index in [1.807, 2.05) is 28.9 Å². The molecule has 3 aromatic heterocycles. The second kappa shape index (κ2) is 9.10.